The lowest BCUT2D eigenvalue weighted by Crippen LogP contribution is -2.33. The van der Waals surface area contributed by atoms with E-state index in [4.69, 9.17) is 10.8 Å². The minimum atomic E-state index is 0.149. The molecule has 18 heavy (non-hydrogen) atoms. The smallest absolute Gasteiger partial charge is 0.224 e. The van der Waals surface area contributed by atoms with Gasteiger partial charge >= 0.3 is 0 Å². The summed E-state index contributed by atoms with van der Waals surface area (Å²) in [5.41, 5.74) is 7.03. The first-order valence-electron chi connectivity index (χ1n) is 5.97. The lowest BCUT2D eigenvalue weighted by atomic mass is 10.2. The van der Waals surface area contributed by atoms with Crippen LogP contribution in [0.1, 0.15) is 20.3 Å². The van der Waals surface area contributed by atoms with Gasteiger partial charge in [-0.05, 0) is 20.3 Å². The Morgan fingerprint density at radius 3 is 2.89 bits per heavy atom. The van der Waals surface area contributed by atoms with Crippen LogP contribution in [0.5, 0.6) is 0 Å². The molecule has 2 rings (SSSR count). The first kappa shape index (κ1) is 12.6. The maximum atomic E-state index is 8.97. The zero-order chi connectivity index (χ0) is 13.1. The molecule has 0 unspecified atom stereocenters. The highest BCUT2D eigenvalue weighted by Crippen LogP contribution is 2.23. The highest BCUT2D eigenvalue weighted by Gasteiger charge is 2.17. The van der Waals surface area contributed by atoms with Crippen molar-refractivity contribution < 1.29 is 5.11 Å². The van der Waals surface area contributed by atoms with Crippen molar-refractivity contribution in [2.45, 2.75) is 26.3 Å². The van der Waals surface area contributed by atoms with E-state index >= 15 is 0 Å². The Bertz CT molecular complexity index is 523. The standard InChI is InChI=1S/C11H18N6O/c1-7(2)17(4-3-5-18)10-8-9(14-6-13-8)15-11(12)16-10/h6-7,18H,3-5H2,1-2H3,(H3,12,13,14,15,16). The van der Waals surface area contributed by atoms with Crippen LogP contribution in [0.15, 0.2) is 6.33 Å². The highest BCUT2D eigenvalue weighted by molar-refractivity contribution is 5.84. The van der Waals surface area contributed by atoms with Crippen LogP contribution in [0.4, 0.5) is 11.8 Å². The fraction of sp³-hybridized carbons (Fsp3) is 0.545. The minimum absolute atomic E-state index is 0.149. The molecule has 0 aromatic carbocycles. The molecule has 2 heterocycles. The molecule has 0 aliphatic carbocycles. The highest BCUT2D eigenvalue weighted by atomic mass is 16.3. The molecule has 0 aliphatic rings. The van der Waals surface area contributed by atoms with Crippen molar-refractivity contribution >= 4 is 22.9 Å². The second-order valence-corrected chi connectivity index (χ2v) is 4.37. The van der Waals surface area contributed by atoms with Crippen molar-refractivity contribution in [2.75, 3.05) is 23.8 Å². The first-order chi connectivity index (χ1) is 8.63. The Kier molecular flexibility index (Phi) is 3.61. The van der Waals surface area contributed by atoms with Crippen LogP contribution in [-0.2, 0) is 0 Å². The third-order valence-electron chi connectivity index (χ3n) is 2.74. The van der Waals surface area contributed by atoms with E-state index in [1.54, 1.807) is 6.33 Å². The zero-order valence-electron chi connectivity index (χ0n) is 10.6. The lowest BCUT2D eigenvalue weighted by Gasteiger charge is -2.27. The van der Waals surface area contributed by atoms with Gasteiger partial charge in [0.1, 0.15) is 5.52 Å². The van der Waals surface area contributed by atoms with Crippen molar-refractivity contribution in [3.63, 3.8) is 0 Å². The fourth-order valence-electron chi connectivity index (χ4n) is 1.89. The Morgan fingerprint density at radius 1 is 1.44 bits per heavy atom. The monoisotopic (exact) mass is 250 g/mol. The van der Waals surface area contributed by atoms with Crippen molar-refractivity contribution in [3.05, 3.63) is 6.33 Å². The van der Waals surface area contributed by atoms with Gasteiger partial charge in [-0.15, -0.1) is 0 Å². The molecule has 0 aliphatic heterocycles. The van der Waals surface area contributed by atoms with Crippen molar-refractivity contribution in [2.24, 2.45) is 0 Å². The summed E-state index contributed by atoms with van der Waals surface area (Å²) in [5.74, 6) is 0.942. The fourth-order valence-corrected chi connectivity index (χ4v) is 1.89. The predicted octanol–water partition coefficient (Wildman–Crippen LogP) is 0.532. The van der Waals surface area contributed by atoms with E-state index in [1.165, 1.54) is 0 Å². The van der Waals surface area contributed by atoms with Gasteiger partial charge in [-0.3, -0.25) is 0 Å². The normalized spacial score (nSPS) is 11.3. The van der Waals surface area contributed by atoms with Crippen molar-refractivity contribution in [1.29, 1.82) is 0 Å². The summed E-state index contributed by atoms with van der Waals surface area (Å²) < 4.78 is 0. The largest absolute Gasteiger partial charge is 0.396 e. The summed E-state index contributed by atoms with van der Waals surface area (Å²) in [6.07, 6.45) is 2.25. The Labute approximate surface area is 105 Å². The Morgan fingerprint density at radius 2 is 2.22 bits per heavy atom. The number of nitrogens with zero attached hydrogens (tertiary/aromatic N) is 4. The maximum Gasteiger partial charge on any atom is 0.224 e. The van der Waals surface area contributed by atoms with Gasteiger partial charge in [-0.1, -0.05) is 0 Å². The van der Waals surface area contributed by atoms with Crippen LogP contribution in [0.25, 0.3) is 11.2 Å². The van der Waals surface area contributed by atoms with Gasteiger partial charge < -0.3 is 20.7 Å². The number of hydrogen-bond donors (Lipinski definition) is 3. The van der Waals surface area contributed by atoms with Gasteiger partial charge in [0.2, 0.25) is 5.95 Å². The molecule has 0 spiro atoms. The number of anilines is 2. The number of nitrogens with one attached hydrogen (secondary N) is 1. The summed E-state index contributed by atoms with van der Waals surface area (Å²) in [6, 6.07) is 0.248. The molecule has 4 N–H and O–H groups in total. The van der Waals surface area contributed by atoms with Crippen LogP contribution in [-0.4, -0.2) is 44.2 Å². The third-order valence-corrected chi connectivity index (χ3v) is 2.74. The summed E-state index contributed by atoms with van der Waals surface area (Å²) in [7, 11) is 0. The molecule has 0 atom stereocenters. The molecule has 7 heteroatoms. The number of hydrogen-bond acceptors (Lipinski definition) is 6. The van der Waals surface area contributed by atoms with E-state index in [1.807, 2.05) is 0 Å². The van der Waals surface area contributed by atoms with E-state index in [9.17, 15) is 0 Å². The Balaban J connectivity index is 2.45. The molecule has 98 valence electrons. The second kappa shape index (κ2) is 5.18. The molecule has 0 fully saturated rings. The third kappa shape index (κ3) is 2.35. The van der Waals surface area contributed by atoms with E-state index < -0.39 is 0 Å². The van der Waals surface area contributed by atoms with Crippen LogP contribution >= 0.6 is 0 Å². The van der Waals surface area contributed by atoms with Crippen LogP contribution in [0.3, 0.4) is 0 Å². The molecule has 0 bridgehead atoms. The van der Waals surface area contributed by atoms with Gasteiger partial charge in [-0.25, -0.2) is 4.98 Å². The van der Waals surface area contributed by atoms with Crippen molar-refractivity contribution in [3.8, 4) is 0 Å². The maximum absolute atomic E-state index is 8.97. The second-order valence-electron chi connectivity index (χ2n) is 4.37. The van der Waals surface area contributed by atoms with Gasteiger partial charge in [0.05, 0.1) is 6.33 Å². The Hall–Kier alpha value is -1.89. The van der Waals surface area contributed by atoms with Crippen LogP contribution < -0.4 is 10.6 Å². The lowest BCUT2D eigenvalue weighted by molar-refractivity contribution is 0.288. The topological polar surface area (TPSA) is 104 Å². The number of nitrogens with two attached hydrogens (primary N) is 1. The SMILES string of the molecule is CC(C)N(CCCO)c1nc(N)nc2nc[nH]c12. The average Bonchev–Trinajstić information content (AvgIpc) is 2.76. The molecule has 2 aromatic rings. The van der Waals surface area contributed by atoms with Gasteiger partial charge in [0, 0.05) is 19.2 Å². The van der Waals surface area contributed by atoms with Crippen LogP contribution in [0.2, 0.25) is 0 Å². The van der Waals surface area contributed by atoms with Crippen LogP contribution in [0, 0.1) is 0 Å². The number of rotatable bonds is 5. The van der Waals surface area contributed by atoms with Gasteiger partial charge in [-0.2, -0.15) is 9.97 Å². The van der Waals surface area contributed by atoms with E-state index in [0.29, 0.717) is 18.6 Å². The number of imidazole rings is 1. The summed E-state index contributed by atoms with van der Waals surface area (Å²) >= 11 is 0. The van der Waals surface area contributed by atoms with Gasteiger partial charge in [0.25, 0.3) is 0 Å². The number of nitrogen functional groups attached to an aromatic ring is 1. The first-order valence-corrected chi connectivity index (χ1v) is 5.97. The van der Waals surface area contributed by atoms with E-state index in [-0.39, 0.29) is 18.6 Å². The van der Waals surface area contributed by atoms with Gasteiger partial charge in [0.15, 0.2) is 11.5 Å². The molecule has 0 saturated carbocycles. The molecule has 7 nitrogen and oxygen atoms in total. The number of aliphatic hydroxyl groups excluding tert-OH is 1. The summed E-state index contributed by atoms with van der Waals surface area (Å²) in [5, 5.41) is 8.97. The zero-order valence-corrected chi connectivity index (χ0v) is 10.6. The summed E-state index contributed by atoms with van der Waals surface area (Å²) in [6.45, 7) is 4.99. The molecule has 0 amide bonds. The van der Waals surface area contributed by atoms with E-state index in [0.717, 1.165) is 11.3 Å². The van der Waals surface area contributed by atoms with E-state index in [2.05, 4.69) is 38.7 Å². The summed E-state index contributed by atoms with van der Waals surface area (Å²) in [4.78, 5) is 17.6. The molecule has 0 radical (unpaired) electrons. The minimum Gasteiger partial charge on any atom is -0.396 e. The quantitative estimate of drug-likeness (QED) is 0.715. The average molecular weight is 250 g/mol. The number of aromatic amines is 1. The number of fused-ring (bicyclic) bond motifs is 1. The number of aromatic nitrogens is 4. The number of aliphatic hydroxyl groups is 1. The molecular weight excluding hydrogens is 232 g/mol. The van der Waals surface area contributed by atoms with Crippen molar-refractivity contribution in [1.82, 2.24) is 19.9 Å². The number of H-pyrrole nitrogens is 1. The molecule has 0 saturated heterocycles. The predicted molar refractivity (Wildman–Crippen MR) is 70.3 cm³/mol. The molecular formula is C11H18N6O. The molecule has 2 aromatic heterocycles.